The molecule has 174 valence electrons. The zero-order valence-electron chi connectivity index (χ0n) is 18.1. The highest BCUT2D eigenvalue weighted by molar-refractivity contribution is 7.92. The maximum atomic E-state index is 13.7. The Morgan fingerprint density at radius 3 is 2.36 bits per heavy atom. The molecule has 1 N–H and O–H groups in total. The monoisotopic (exact) mass is 492 g/mol. The lowest BCUT2D eigenvalue weighted by Gasteiger charge is -2.25. The van der Waals surface area contributed by atoms with E-state index in [1.54, 1.807) is 12.1 Å². The number of hydrogen-bond acceptors (Lipinski definition) is 5. The summed E-state index contributed by atoms with van der Waals surface area (Å²) in [5.41, 5.74) is 1.38. The maximum Gasteiger partial charge on any atom is 0.264 e. The minimum atomic E-state index is -4.28. The van der Waals surface area contributed by atoms with Crippen LogP contribution in [0.3, 0.4) is 0 Å². The van der Waals surface area contributed by atoms with E-state index in [1.165, 1.54) is 38.5 Å². The number of nitrogens with zero attached hydrogens (tertiary/aromatic N) is 1. The summed E-state index contributed by atoms with van der Waals surface area (Å²) in [6.07, 6.45) is 0. The van der Waals surface area contributed by atoms with Crippen LogP contribution in [0, 0.1) is 12.7 Å². The standard InChI is InChI=1S/C23H22ClFN2O5S/c1-15-6-4-5-7-20(15)26-23(28)14-27(16-8-10-19(25)18(24)12-16)33(29,30)17-9-11-21(31-2)22(13-17)32-3/h4-13H,14H2,1-3H3,(H,26,28). The first-order valence-corrected chi connectivity index (χ1v) is 11.5. The van der Waals surface area contributed by atoms with E-state index in [0.717, 1.165) is 22.0 Å². The van der Waals surface area contributed by atoms with E-state index in [-0.39, 0.29) is 21.4 Å². The molecule has 3 aromatic carbocycles. The smallest absolute Gasteiger partial charge is 0.264 e. The fourth-order valence-electron chi connectivity index (χ4n) is 3.09. The topological polar surface area (TPSA) is 84.9 Å². The molecule has 0 aromatic heterocycles. The number of ether oxygens (including phenoxy) is 2. The number of anilines is 2. The molecule has 0 radical (unpaired) electrons. The van der Waals surface area contributed by atoms with Gasteiger partial charge in [-0.2, -0.15) is 0 Å². The molecule has 0 bridgehead atoms. The Bertz CT molecular complexity index is 1280. The fourth-order valence-corrected chi connectivity index (χ4v) is 4.70. The lowest BCUT2D eigenvalue weighted by atomic mass is 10.2. The van der Waals surface area contributed by atoms with Crippen LogP contribution in [-0.4, -0.2) is 35.1 Å². The van der Waals surface area contributed by atoms with Crippen LogP contribution < -0.4 is 19.1 Å². The van der Waals surface area contributed by atoms with E-state index in [4.69, 9.17) is 21.1 Å². The van der Waals surface area contributed by atoms with Crippen LogP contribution in [0.5, 0.6) is 11.5 Å². The van der Waals surface area contributed by atoms with Crippen molar-refractivity contribution in [2.75, 3.05) is 30.4 Å². The zero-order chi connectivity index (χ0) is 24.2. The summed E-state index contributed by atoms with van der Waals surface area (Å²) in [5.74, 6) is -0.771. The maximum absolute atomic E-state index is 13.7. The van der Waals surface area contributed by atoms with Crippen LogP contribution in [0.25, 0.3) is 0 Å². The summed E-state index contributed by atoms with van der Waals surface area (Å²) in [7, 11) is -1.48. The highest BCUT2D eigenvalue weighted by Gasteiger charge is 2.29. The van der Waals surface area contributed by atoms with Gasteiger partial charge in [0.05, 0.1) is 29.8 Å². The van der Waals surface area contributed by atoms with Crippen molar-refractivity contribution in [1.29, 1.82) is 0 Å². The molecule has 1 amide bonds. The summed E-state index contributed by atoms with van der Waals surface area (Å²) >= 11 is 5.89. The second-order valence-electron chi connectivity index (χ2n) is 6.99. The second-order valence-corrected chi connectivity index (χ2v) is 9.26. The number of benzene rings is 3. The summed E-state index contributed by atoms with van der Waals surface area (Å²) in [5, 5.41) is 2.43. The lowest BCUT2D eigenvalue weighted by molar-refractivity contribution is -0.114. The average molecular weight is 493 g/mol. The molecule has 10 heteroatoms. The van der Waals surface area contributed by atoms with E-state index in [2.05, 4.69) is 5.32 Å². The number of halogens is 2. The quantitative estimate of drug-likeness (QED) is 0.495. The molecule has 0 atom stereocenters. The molecule has 0 heterocycles. The molecule has 0 unspecified atom stereocenters. The van der Waals surface area contributed by atoms with Gasteiger partial charge in [-0.25, -0.2) is 12.8 Å². The Balaban J connectivity index is 2.03. The Morgan fingerprint density at radius 2 is 1.73 bits per heavy atom. The highest BCUT2D eigenvalue weighted by Crippen LogP contribution is 2.33. The predicted octanol–water partition coefficient (Wildman–Crippen LogP) is 4.64. The average Bonchev–Trinajstić information content (AvgIpc) is 2.80. The van der Waals surface area contributed by atoms with E-state index >= 15 is 0 Å². The summed E-state index contributed by atoms with van der Waals surface area (Å²) in [4.78, 5) is 12.7. The molecule has 0 saturated carbocycles. The van der Waals surface area contributed by atoms with Gasteiger partial charge in [-0.1, -0.05) is 29.8 Å². The van der Waals surface area contributed by atoms with E-state index in [0.29, 0.717) is 11.4 Å². The molecule has 33 heavy (non-hydrogen) atoms. The molecule has 0 spiro atoms. The van der Waals surface area contributed by atoms with Gasteiger partial charge in [0, 0.05) is 11.8 Å². The SMILES string of the molecule is COc1ccc(S(=O)(=O)N(CC(=O)Nc2ccccc2C)c2ccc(F)c(Cl)c2)cc1OC. The number of hydrogen-bond donors (Lipinski definition) is 1. The van der Waals surface area contributed by atoms with Crippen LogP contribution >= 0.6 is 11.6 Å². The van der Waals surface area contributed by atoms with Gasteiger partial charge < -0.3 is 14.8 Å². The highest BCUT2D eigenvalue weighted by atomic mass is 35.5. The first kappa shape index (κ1) is 24.3. The number of nitrogens with one attached hydrogen (secondary N) is 1. The van der Waals surface area contributed by atoms with Gasteiger partial charge in [0.25, 0.3) is 10.0 Å². The van der Waals surface area contributed by atoms with Gasteiger partial charge in [-0.05, 0) is 48.9 Å². The second kappa shape index (κ2) is 10.1. The van der Waals surface area contributed by atoms with Gasteiger partial charge in [-0.3, -0.25) is 9.10 Å². The van der Waals surface area contributed by atoms with Crippen LogP contribution in [0.1, 0.15) is 5.56 Å². The molecular weight excluding hydrogens is 471 g/mol. The number of carbonyl (C=O) groups is 1. The van der Waals surface area contributed by atoms with Crippen LogP contribution in [0.15, 0.2) is 65.6 Å². The van der Waals surface area contributed by atoms with Crippen molar-refractivity contribution in [1.82, 2.24) is 0 Å². The summed E-state index contributed by atoms with van der Waals surface area (Å²) in [6.45, 7) is 1.24. The van der Waals surface area contributed by atoms with Gasteiger partial charge in [-0.15, -0.1) is 0 Å². The molecule has 0 aliphatic heterocycles. The number of rotatable bonds is 8. The van der Waals surface area contributed by atoms with Crippen molar-refractivity contribution in [3.63, 3.8) is 0 Å². The van der Waals surface area contributed by atoms with Crippen molar-refractivity contribution in [2.45, 2.75) is 11.8 Å². The normalized spacial score (nSPS) is 11.1. The van der Waals surface area contributed by atoms with Crippen molar-refractivity contribution in [3.05, 3.63) is 77.1 Å². The van der Waals surface area contributed by atoms with Crippen molar-refractivity contribution in [2.24, 2.45) is 0 Å². The molecule has 0 aliphatic carbocycles. The summed E-state index contributed by atoms with van der Waals surface area (Å²) < 4.78 is 52.1. The largest absolute Gasteiger partial charge is 0.493 e. The molecule has 7 nitrogen and oxygen atoms in total. The Kier molecular flexibility index (Phi) is 7.45. The molecule has 3 rings (SSSR count). The predicted molar refractivity (Wildman–Crippen MR) is 125 cm³/mol. The van der Waals surface area contributed by atoms with Crippen molar-refractivity contribution < 1.29 is 27.1 Å². The number of amides is 1. The molecular formula is C23H22ClFN2O5S. The Labute approximate surface area is 196 Å². The van der Waals surface area contributed by atoms with Crippen molar-refractivity contribution >= 4 is 38.9 Å². The van der Waals surface area contributed by atoms with E-state index in [9.17, 15) is 17.6 Å². The molecule has 0 fully saturated rings. The van der Waals surface area contributed by atoms with Gasteiger partial charge in [0.1, 0.15) is 12.4 Å². The van der Waals surface area contributed by atoms with Crippen LogP contribution in [-0.2, 0) is 14.8 Å². The number of aryl methyl sites for hydroxylation is 1. The Hall–Kier alpha value is -3.30. The number of methoxy groups -OCH3 is 2. The molecule has 0 aliphatic rings. The molecule has 3 aromatic rings. The van der Waals surface area contributed by atoms with Gasteiger partial charge in [0.2, 0.25) is 5.91 Å². The number of para-hydroxylation sites is 1. The lowest BCUT2D eigenvalue weighted by Crippen LogP contribution is -2.38. The first-order valence-electron chi connectivity index (χ1n) is 9.72. The number of carbonyl (C=O) groups excluding carboxylic acids is 1. The summed E-state index contributed by atoms with van der Waals surface area (Å²) in [6, 6.07) is 14.6. The fraction of sp³-hybridized carbons (Fsp3) is 0.174. The minimum absolute atomic E-state index is 0.0242. The van der Waals surface area contributed by atoms with Gasteiger partial charge in [0.15, 0.2) is 11.5 Å². The van der Waals surface area contributed by atoms with Crippen LogP contribution in [0.2, 0.25) is 5.02 Å². The van der Waals surface area contributed by atoms with E-state index < -0.39 is 28.3 Å². The first-order chi connectivity index (χ1) is 15.7. The van der Waals surface area contributed by atoms with E-state index in [1.807, 2.05) is 19.1 Å². The number of sulfonamides is 1. The molecule has 0 saturated heterocycles. The third kappa shape index (κ3) is 5.37. The third-order valence-electron chi connectivity index (χ3n) is 4.84. The van der Waals surface area contributed by atoms with Gasteiger partial charge >= 0.3 is 0 Å². The minimum Gasteiger partial charge on any atom is -0.493 e. The zero-order valence-corrected chi connectivity index (χ0v) is 19.7. The van der Waals surface area contributed by atoms with Crippen molar-refractivity contribution in [3.8, 4) is 11.5 Å². The van der Waals surface area contributed by atoms with Crippen LogP contribution in [0.4, 0.5) is 15.8 Å². The Morgan fingerprint density at radius 1 is 1.03 bits per heavy atom. The third-order valence-corrected chi connectivity index (χ3v) is 6.90.